The maximum atomic E-state index is 14.9. The Hall–Kier alpha value is -3.98. The summed E-state index contributed by atoms with van der Waals surface area (Å²) in [5.74, 6) is -3.94. The first kappa shape index (κ1) is 22.8. The summed E-state index contributed by atoms with van der Waals surface area (Å²) >= 11 is 0. The number of hydrogen-bond donors (Lipinski definition) is 1. The van der Waals surface area contributed by atoms with Gasteiger partial charge in [0.25, 0.3) is 11.5 Å². The van der Waals surface area contributed by atoms with E-state index < -0.39 is 40.8 Å². The molecule has 178 valence electrons. The fourth-order valence-electron chi connectivity index (χ4n) is 4.40. The van der Waals surface area contributed by atoms with Gasteiger partial charge in [0.15, 0.2) is 11.6 Å². The maximum Gasteiger partial charge on any atom is 0.256 e. The van der Waals surface area contributed by atoms with Gasteiger partial charge in [-0.05, 0) is 47.3 Å². The molecule has 5 rings (SSSR count). The molecule has 1 N–H and O–H groups in total. The Bertz CT molecular complexity index is 1530. The molecule has 1 amide bonds. The number of aromatic nitrogens is 1. The van der Waals surface area contributed by atoms with Crippen molar-refractivity contribution < 1.29 is 27.1 Å². The number of rotatable bonds is 3. The quantitative estimate of drug-likeness (QED) is 0.414. The Balaban J connectivity index is 1.53. The van der Waals surface area contributed by atoms with Crippen molar-refractivity contribution in [1.82, 2.24) is 9.88 Å². The number of aromatic amines is 1. The van der Waals surface area contributed by atoms with E-state index in [0.29, 0.717) is 16.8 Å². The molecule has 1 aliphatic rings. The zero-order chi connectivity index (χ0) is 24.9. The molecule has 0 saturated carbocycles. The Morgan fingerprint density at radius 3 is 2.31 bits per heavy atom. The van der Waals surface area contributed by atoms with E-state index in [2.05, 4.69) is 4.98 Å². The lowest BCUT2D eigenvalue weighted by Crippen LogP contribution is -2.37. The third kappa shape index (κ3) is 3.97. The molecular formula is C26H18F4N2O3. The number of halogens is 4. The number of fused-ring (bicyclic) bond motifs is 3. The van der Waals surface area contributed by atoms with Crippen LogP contribution in [0.5, 0.6) is 0 Å². The molecule has 0 saturated heterocycles. The van der Waals surface area contributed by atoms with Crippen LogP contribution in [0, 0.1) is 23.3 Å². The van der Waals surface area contributed by atoms with Crippen molar-refractivity contribution in [2.75, 3.05) is 13.7 Å². The SMILES string of the molecule is CN(C(=O)c1ccc(-c2ccc(F)cc2)c(F)c1)[C@H]1COCc2[nH]c(=O)c3cc(F)c(F)cc3c21. The van der Waals surface area contributed by atoms with Gasteiger partial charge in [-0.3, -0.25) is 9.59 Å². The summed E-state index contributed by atoms with van der Waals surface area (Å²) in [6.45, 7) is 0.0601. The minimum absolute atomic E-state index is 0.0268. The minimum Gasteiger partial charge on any atom is -0.373 e. The van der Waals surface area contributed by atoms with E-state index in [1.165, 1.54) is 48.3 Å². The summed E-state index contributed by atoms with van der Waals surface area (Å²) in [7, 11) is 1.48. The van der Waals surface area contributed by atoms with Crippen LogP contribution < -0.4 is 5.56 Å². The third-order valence-corrected chi connectivity index (χ3v) is 6.20. The first-order chi connectivity index (χ1) is 16.7. The molecule has 35 heavy (non-hydrogen) atoms. The number of carbonyl (C=O) groups is 1. The smallest absolute Gasteiger partial charge is 0.256 e. The second kappa shape index (κ2) is 8.66. The molecule has 9 heteroatoms. The molecule has 2 heterocycles. The molecule has 0 radical (unpaired) electrons. The van der Waals surface area contributed by atoms with Crippen LogP contribution >= 0.6 is 0 Å². The van der Waals surface area contributed by atoms with Crippen LogP contribution in [0.25, 0.3) is 21.9 Å². The maximum absolute atomic E-state index is 14.9. The zero-order valence-corrected chi connectivity index (χ0v) is 18.4. The molecule has 1 atom stereocenters. The third-order valence-electron chi connectivity index (χ3n) is 6.20. The standard InChI is InChI=1S/C26H18F4N2O3/c1-32(26(34)14-4-7-16(19(28)8-14)13-2-5-15(27)6-3-13)23-12-35-11-22-24(23)17-9-20(29)21(30)10-18(17)25(33)31-22/h2-10,23H,11-12H2,1H3,(H,31,33)/t23-/m0/s1. The number of hydrogen-bond acceptors (Lipinski definition) is 3. The van der Waals surface area contributed by atoms with Gasteiger partial charge >= 0.3 is 0 Å². The number of nitrogens with one attached hydrogen (secondary N) is 1. The Labute approximate surface area is 196 Å². The Morgan fingerprint density at radius 2 is 1.63 bits per heavy atom. The summed E-state index contributed by atoms with van der Waals surface area (Å²) in [6.07, 6.45) is 0. The summed E-state index contributed by atoms with van der Waals surface area (Å²) in [4.78, 5) is 29.6. The summed E-state index contributed by atoms with van der Waals surface area (Å²) < 4.78 is 61.5. The number of benzene rings is 3. The van der Waals surface area contributed by atoms with E-state index in [9.17, 15) is 27.2 Å². The van der Waals surface area contributed by atoms with Crippen LogP contribution in [0.4, 0.5) is 17.6 Å². The first-order valence-electron chi connectivity index (χ1n) is 10.7. The predicted molar refractivity (Wildman–Crippen MR) is 121 cm³/mol. The lowest BCUT2D eigenvalue weighted by Gasteiger charge is -2.34. The second-order valence-corrected chi connectivity index (χ2v) is 8.31. The molecule has 3 aromatic carbocycles. The van der Waals surface area contributed by atoms with Gasteiger partial charge < -0.3 is 14.6 Å². The fourth-order valence-corrected chi connectivity index (χ4v) is 4.40. The van der Waals surface area contributed by atoms with Crippen LogP contribution in [0.2, 0.25) is 0 Å². The monoisotopic (exact) mass is 482 g/mol. The van der Waals surface area contributed by atoms with Crippen molar-refractivity contribution in [3.05, 3.63) is 105 Å². The van der Waals surface area contributed by atoms with Crippen LogP contribution in [0.15, 0.2) is 59.4 Å². The van der Waals surface area contributed by atoms with Gasteiger partial charge in [-0.15, -0.1) is 0 Å². The molecule has 0 bridgehead atoms. The molecule has 5 nitrogen and oxygen atoms in total. The summed E-state index contributed by atoms with van der Waals surface area (Å²) in [5.41, 5.74) is 0.890. The number of amides is 1. The Morgan fingerprint density at radius 1 is 0.943 bits per heavy atom. The van der Waals surface area contributed by atoms with E-state index in [0.717, 1.165) is 18.2 Å². The van der Waals surface area contributed by atoms with Crippen molar-refractivity contribution in [2.45, 2.75) is 12.6 Å². The lowest BCUT2D eigenvalue weighted by atomic mass is 9.95. The van der Waals surface area contributed by atoms with Crippen molar-refractivity contribution in [3.63, 3.8) is 0 Å². The number of likely N-dealkylation sites (N-methyl/N-ethyl adjacent to an activating group) is 1. The number of ether oxygens (including phenoxy) is 1. The van der Waals surface area contributed by atoms with Gasteiger partial charge in [0.2, 0.25) is 0 Å². The van der Waals surface area contributed by atoms with E-state index in [1.807, 2.05) is 0 Å². The molecule has 0 aliphatic carbocycles. The highest BCUT2D eigenvalue weighted by Gasteiger charge is 2.31. The lowest BCUT2D eigenvalue weighted by molar-refractivity contribution is 0.0335. The Kier molecular flexibility index (Phi) is 5.64. The molecule has 1 aliphatic heterocycles. The van der Waals surface area contributed by atoms with E-state index in [-0.39, 0.29) is 35.1 Å². The molecule has 1 aromatic heterocycles. The highest BCUT2D eigenvalue weighted by atomic mass is 19.2. The molecule has 4 aromatic rings. The molecular weight excluding hydrogens is 464 g/mol. The van der Waals surface area contributed by atoms with Gasteiger partial charge in [-0.25, -0.2) is 17.6 Å². The zero-order valence-electron chi connectivity index (χ0n) is 18.4. The number of H-pyrrole nitrogens is 1. The largest absolute Gasteiger partial charge is 0.373 e. The fraction of sp³-hybridized carbons (Fsp3) is 0.154. The van der Waals surface area contributed by atoms with Crippen LogP contribution in [-0.4, -0.2) is 29.4 Å². The van der Waals surface area contributed by atoms with Crippen molar-refractivity contribution in [2.24, 2.45) is 0 Å². The number of pyridine rings is 1. The van der Waals surface area contributed by atoms with E-state index >= 15 is 0 Å². The topological polar surface area (TPSA) is 62.4 Å². The van der Waals surface area contributed by atoms with Gasteiger partial charge in [-0.2, -0.15) is 0 Å². The average Bonchev–Trinajstić information content (AvgIpc) is 2.84. The average molecular weight is 482 g/mol. The van der Waals surface area contributed by atoms with Gasteiger partial charge in [-0.1, -0.05) is 18.2 Å². The van der Waals surface area contributed by atoms with E-state index in [4.69, 9.17) is 4.74 Å². The van der Waals surface area contributed by atoms with E-state index in [1.54, 1.807) is 0 Å². The normalized spacial score (nSPS) is 15.2. The van der Waals surface area contributed by atoms with Crippen LogP contribution in [0.1, 0.15) is 27.7 Å². The highest BCUT2D eigenvalue weighted by Crippen LogP contribution is 2.34. The van der Waals surface area contributed by atoms with Gasteiger partial charge in [0.1, 0.15) is 11.6 Å². The predicted octanol–water partition coefficient (Wildman–Crippen LogP) is 5.10. The summed E-state index contributed by atoms with van der Waals surface area (Å²) in [6, 6.07) is 10.3. The summed E-state index contributed by atoms with van der Waals surface area (Å²) in [5, 5.41) is 0.124. The molecule has 0 spiro atoms. The first-order valence-corrected chi connectivity index (χ1v) is 10.7. The minimum atomic E-state index is -1.16. The van der Waals surface area contributed by atoms with Crippen LogP contribution in [0.3, 0.4) is 0 Å². The highest BCUT2D eigenvalue weighted by molar-refractivity contribution is 5.95. The second-order valence-electron chi connectivity index (χ2n) is 8.31. The molecule has 0 unspecified atom stereocenters. The van der Waals surface area contributed by atoms with Crippen molar-refractivity contribution >= 4 is 16.7 Å². The number of carbonyl (C=O) groups excluding carboxylic acids is 1. The van der Waals surface area contributed by atoms with Crippen LogP contribution in [-0.2, 0) is 11.3 Å². The van der Waals surface area contributed by atoms with Crippen molar-refractivity contribution in [1.29, 1.82) is 0 Å². The number of nitrogens with zero attached hydrogens (tertiary/aromatic N) is 1. The van der Waals surface area contributed by atoms with Crippen molar-refractivity contribution in [3.8, 4) is 11.1 Å². The van der Waals surface area contributed by atoms with Gasteiger partial charge in [0, 0.05) is 29.4 Å². The molecule has 0 fully saturated rings. The van der Waals surface area contributed by atoms with Gasteiger partial charge in [0.05, 0.1) is 24.6 Å².